The maximum atomic E-state index is 13.4. The van der Waals surface area contributed by atoms with E-state index < -0.39 is 23.8 Å². The van der Waals surface area contributed by atoms with Crippen molar-refractivity contribution in [2.45, 2.75) is 19.2 Å². The van der Waals surface area contributed by atoms with Gasteiger partial charge in [0.05, 0.1) is 12.7 Å². The van der Waals surface area contributed by atoms with Crippen molar-refractivity contribution in [3.63, 3.8) is 0 Å². The maximum Gasteiger partial charge on any atom is 0.430 e. The van der Waals surface area contributed by atoms with Crippen LogP contribution in [0.1, 0.15) is 11.1 Å². The van der Waals surface area contributed by atoms with Crippen LogP contribution in [0.15, 0.2) is 35.9 Å². The molecule has 0 spiro atoms. The molecule has 0 aromatic heterocycles. The Morgan fingerprint density at radius 3 is 2.52 bits per heavy atom. The zero-order valence-electron chi connectivity index (χ0n) is 14.2. The fourth-order valence-electron chi connectivity index (χ4n) is 2.96. The number of rotatable bonds is 3. The summed E-state index contributed by atoms with van der Waals surface area (Å²) in [4.78, 5) is 11.3. The lowest BCUT2D eigenvalue weighted by Gasteiger charge is -2.28. The second-order valence-corrected chi connectivity index (χ2v) is 6.44. The standard InChI is InChI=1S/C19H14ClF3O4/c1-9-5-10(3-4-15(9)26-2)13-8-12(20)6-11-7-14(18(24)25)17(19(21,22)23)27-16(11)13/h3-8,17H,1-2H3,(H,24,25). The lowest BCUT2D eigenvalue weighted by atomic mass is 9.95. The van der Waals surface area contributed by atoms with Gasteiger partial charge in [-0.2, -0.15) is 13.2 Å². The van der Waals surface area contributed by atoms with E-state index >= 15 is 0 Å². The number of benzene rings is 2. The van der Waals surface area contributed by atoms with Gasteiger partial charge >= 0.3 is 12.1 Å². The van der Waals surface area contributed by atoms with E-state index in [9.17, 15) is 18.0 Å². The van der Waals surface area contributed by atoms with E-state index in [1.165, 1.54) is 19.2 Å². The van der Waals surface area contributed by atoms with Gasteiger partial charge in [-0.15, -0.1) is 0 Å². The Bertz CT molecular complexity index is 951. The molecule has 0 saturated heterocycles. The van der Waals surface area contributed by atoms with E-state index in [1.807, 2.05) is 0 Å². The lowest BCUT2D eigenvalue weighted by molar-refractivity contribution is -0.187. The molecule has 1 atom stereocenters. The molecule has 4 nitrogen and oxygen atoms in total. The monoisotopic (exact) mass is 398 g/mol. The molecule has 0 bridgehead atoms. The minimum Gasteiger partial charge on any atom is -0.496 e. The molecule has 142 valence electrons. The van der Waals surface area contributed by atoms with Gasteiger partial charge in [-0.3, -0.25) is 0 Å². The minimum atomic E-state index is -4.88. The van der Waals surface area contributed by atoms with Crippen LogP contribution in [0.2, 0.25) is 5.02 Å². The molecule has 3 rings (SSSR count). The quantitative estimate of drug-likeness (QED) is 0.780. The number of fused-ring (bicyclic) bond motifs is 1. The first-order valence-corrected chi connectivity index (χ1v) is 8.16. The Labute approximate surface area is 157 Å². The fourth-order valence-corrected chi connectivity index (χ4v) is 3.18. The number of hydrogen-bond donors (Lipinski definition) is 1. The number of ether oxygens (including phenoxy) is 2. The van der Waals surface area contributed by atoms with Crippen LogP contribution in [0.4, 0.5) is 13.2 Å². The van der Waals surface area contributed by atoms with E-state index in [1.54, 1.807) is 25.1 Å². The number of aliphatic carboxylic acids is 1. The number of methoxy groups -OCH3 is 1. The van der Waals surface area contributed by atoms with Crippen LogP contribution in [-0.4, -0.2) is 30.5 Å². The first-order valence-electron chi connectivity index (χ1n) is 7.78. The second-order valence-electron chi connectivity index (χ2n) is 6.00. The number of hydrogen-bond acceptors (Lipinski definition) is 3. The molecule has 0 radical (unpaired) electrons. The average Bonchev–Trinajstić information content (AvgIpc) is 2.58. The Hall–Kier alpha value is -2.67. The second kappa shape index (κ2) is 6.81. The van der Waals surface area contributed by atoms with Crippen molar-refractivity contribution in [1.82, 2.24) is 0 Å². The van der Waals surface area contributed by atoms with Gasteiger partial charge in [0.1, 0.15) is 11.5 Å². The number of aryl methyl sites for hydroxylation is 1. The van der Waals surface area contributed by atoms with Crippen LogP contribution in [0.25, 0.3) is 17.2 Å². The highest BCUT2D eigenvalue weighted by Crippen LogP contribution is 2.44. The summed E-state index contributed by atoms with van der Waals surface area (Å²) in [5.74, 6) is -1.15. The predicted octanol–water partition coefficient (Wildman–Crippen LogP) is 5.12. The third-order valence-corrected chi connectivity index (χ3v) is 4.38. The fraction of sp³-hybridized carbons (Fsp3) is 0.211. The van der Waals surface area contributed by atoms with Gasteiger partial charge < -0.3 is 14.6 Å². The molecule has 2 aromatic rings. The summed E-state index contributed by atoms with van der Waals surface area (Å²) >= 11 is 6.10. The van der Waals surface area contributed by atoms with E-state index in [0.29, 0.717) is 16.9 Å². The molecule has 0 aliphatic carbocycles. The molecule has 27 heavy (non-hydrogen) atoms. The SMILES string of the molecule is COc1ccc(-c2cc(Cl)cc3c2OC(C(F)(F)F)C(C(=O)O)=C3)cc1C. The minimum absolute atomic E-state index is 0.0729. The highest BCUT2D eigenvalue weighted by Gasteiger charge is 2.48. The molecular formula is C19H14ClF3O4. The molecule has 1 heterocycles. The van der Waals surface area contributed by atoms with E-state index in [4.69, 9.17) is 26.2 Å². The van der Waals surface area contributed by atoms with E-state index in [2.05, 4.69) is 0 Å². The molecule has 0 amide bonds. The average molecular weight is 399 g/mol. The van der Waals surface area contributed by atoms with E-state index in [0.717, 1.165) is 11.6 Å². The zero-order valence-corrected chi connectivity index (χ0v) is 15.0. The largest absolute Gasteiger partial charge is 0.496 e. The van der Waals surface area contributed by atoms with Gasteiger partial charge in [0.25, 0.3) is 0 Å². The van der Waals surface area contributed by atoms with Gasteiger partial charge in [-0.1, -0.05) is 17.7 Å². The van der Waals surface area contributed by atoms with Crippen molar-refractivity contribution < 1.29 is 32.5 Å². The number of carboxylic acids is 1. The van der Waals surface area contributed by atoms with Gasteiger partial charge in [0, 0.05) is 16.1 Å². The Kier molecular flexibility index (Phi) is 4.82. The number of halogens is 4. The third kappa shape index (κ3) is 3.60. The topological polar surface area (TPSA) is 55.8 Å². The zero-order chi connectivity index (χ0) is 19.9. The van der Waals surface area contributed by atoms with Crippen molar-refractivity contribution in [3.05, 3.63) is 52.1 Å². The molecule has 2 aromatic carbocycles. The molecule has 1 unspecified atom stereocenters. The van der Waals surface area contributed by atoms with Crippen LogP contribution in [0, 0.1) is 6.92 Å². The molecule has 8 heteroatoms. The van der Waals surface area contributed by atoms with Gasteiger partial charge in [-0.05, 0) is 48.4 Å². The van der Waals surface area contributed by atoms with Crippen molar-refractivity contribution in [1.29, 1.82) is 0 Å². The highest BCUT2D eigenvalue weighted by atomic mass is 35.5. The van der Waals surface area contributed by atoms with E-state index in [-0.39, 0.29) is 16.3 Å². The summed E-state index contributed by atoms with van der Waals surface area (Å²) < 4.78 is 50.4. The number of carbonyl (C=O) groups is 1. The molecule has 0 saturated carbocycles. The number of carboxylic acid groups (broad SMARTS) is 1. The van der Waals surface area contributed by atoms with Crippen molar-refractivity contribution in [2.75, 3.05) is 7.11 Å². The molecule has 0 fully saturated rings. The summed E-state index contributed by atoms with van der Waals surface area (Å²) in [6.45, 7) is 1.79. The third-order valence-electron chi connectivity index (χ3n) is 4.16. The molecule has 1 N–H and O–H groups in total. The Morgan fingerprint density at radius 2 is 1.96 bits per heavy atom. The summed E-state index contributed by atoms with van der Waals surface area (Å²) in [6.07, 6.45) is -6.50. The van der Waals surface area contributed by atoms with Gasteiger partial charge in [-0.25, -0.2) is 4.79 Å². The summed E-state index contributed by atoms with van der Waals surface area (Å²) in [6, 6.07) is 7.93. The molecule has 1 aliphatic rings. The normalized spacial score (nSPS) is 16.2. The van der Waals surface area contributed by atoms with Crippen molar-refractivity contribution in [3.8, 4) is 22.6 Å². The van der Waals surface area contributed by atoms with Crippen molar-refractivity contribution >= 4 is 23.6 Å². The lowest BCUT2D eigenvalue weighted by Crippen LogP contribution is -2.40. The van der Waals surface area contributed by atoms with Crippen LogP contribution in [-0.2, 0) is 4.79 Å². The first-order chi connectivity index (χ1) is 12.6. The smallest absolute Gasteiger partial charge is 0.430 e. The van der Waals surface area contributed by atoms with Gasteiger partial charge in [0.2, 0.25) is 6.10 Å². The Morgan fingerprint density at radius 1 is 1.26 bits per heavy atom. The van der Waals surface area contributed by atoms with Crippen molar-refractivity contribution in [2.24, 2.45) is 0 Å². The summed E-state index contributed by atoms with van der Waals surface area (Å²) in [5, 5.41) is 9.39. The van der Waals surface area contributed by atoms with Gasteiger partial charge in [0.15, 0.2) is 0 Å². The Balaban J connectivity index is 2.21. The summed E-state index contributed by atoms with van der Waals surface area (Å²) in [5.41, 5.74) is 0.949. The highest BCUT2D eigenvalue weighted by molar-refractivity contribution is 6.31. The first kappa shape index (κ1) is 19.1. The van der Waals surface area contributed by atoms with Crippen LogP contribution in [0.5, 0.6) is 11.5 Å². The van der Waals surface area contributed by atoms with Crippen LogP contribution in [0.3, 0.4) is 0 Å². The summed E-state index contributed by atoms with van der Waals surface area (Å²) in [7, 11) is 1.51. The molecule has 1 aliphatic heterocycles. The van der Waals surface area contributed by atoms with Crippen LogP contribution >= 0.6 is 11.6 Å². The predicted molar refractivity (Wildman–Crippen MR) is 94.3 cm³/mol. The number of alkyl halides is 3. The van der Waals surface area contributed by atoms with Crippen LogP contribution < -0.4 is 9.47 Å². The maximum absolute atomic E-state index is 13.4. The molecular weight excluding hydrogens is 385 g/mol.